The number of hydrogen-bond acceptors (Lipinski definition) is 6. The van der Waals surface area contributed by atoms with Crippen molar-refractivity contribution in [3.63, 3.8) is 0 Å². The van der Waals surface area contributed by atoms with E-state index in [9.17, 15) is 8.42 Å². The smallest absolute Gasteiger partial charge is 0.206 e. The molecule has 0 atom stereocenters. The van der Waals surface area contributed by atoms with Gasteiger partial charge in [-0.25, -0.2) is 8.42 Å². The molecule has 0 heterocycles. The molecule has 0 unspecified atom stereocenters. The minimum Gasteiger partial charge on any atom is -0.457 e. The maximum absolute atomic E-state index is 13.0. The topological polar surface area (TPSA) is 100 Å². The summed E-state index contributed by atoms with van der Waals surface area (Å²) in [5, 5.41) is 17.7. The van der Waals surface area contributed by atoms with Gasteiger partial charge in [0.15, 0.2) is 0 Å². The van der Waals surface area contributed by atoms with Gasteiger partial charge >= 0.3 is 0 Å². The summed E-state index contributed by atoms with van der Waals surface area (Å²) >= 11 is 0. The molecule has 0 aromatic heterocycles. The van der Waals surface area contributed by atoms with Crippen LogP contribution in [0.5, 0.6) is 23.0 Å². The highest BCUT2D eigenvalue weighted by Crippen LogP contribution is 2.28. The Morgan fingerprint density at radius 1 is 0.485 bits per heavy atom. The number of rotatable bonds is 6. The average Bonchev–Trinajstić information content (AvgIpc) is 2.86. The Hall–Kier alpha value is -4.59. The van der Waals surface area contributed by atoms with Crippen molar-refractivity contribution in [3.8, 4) is 35.1 Å². The lowest BCUT2D eigenvalue weighted by atomic mass is 10.2. The number of benzene rings is 4. The van der Waals surface area contributed by atoms with E-state index in [1.54, 1.807) is 72.8 Å². The van der Waals surface area contributed by atoms with Crippen LogP contribution >= 0.6 is 0 Å². The van der Waals surface area contributed by atoms with E-state index >= 15 is 0 Å². The van der Waals surface area contributed by atoms with Gasteiger partial charge in [-0.15, -0.1) is 0 Å². The molecule has 0 fully saturated rings. The molecule has 0 bridgehead atoms. The number of nitriles is 2. The fourth-order valence-corrected chi connectivity index (χ4v) is 4.24. The maximum atomic E-state index is 13.0. The van der Waals surface area contributed by atoms with Crippen molar-refractivity contribution in [3.05, 3.63) is 108 Å². The van der Waals surface area contributed by atoms with Gasteiger partial charge in [0.1, 0.15) is 23.0 Å². The summed E-state index contributed by atoms with van der Waals surface area (Å²) in [5.41, 5.74) is 1.05. The van der Waals surface area contributed by atoms with Crippen LogP contribution < -0.4 is 9.47 Å². The Kier molecular flexibility index (Phi) is 6.08. The normalized spacial score (nSPS) is 10.6. The first-order valence-electron chi connectivity index (χ1n) is 9.79. The second-order valence-corrected chi connectivity index (χ2v) is 8.87. The third-order valence-corrected chi connectivity index (χ3v) is 6.49. The minimum absolute atomic E-state index is 0.135. The quantitative estimate of drug-likeness (QED) is 0.364. The molecule has 0 spiro atoms. The van der Waals surface area contributed by atoms with Crippen molar-refractivity contribution in [1.82, 2.24) is 0 Å². The second kappa shape index (κ2) is 9.27. The minimum atomic E-state index is -3.72. The van der Waals surface area contributed by atoms with Gasteiger partial charge in [-0.3, -0.25) is 0 Å². The van der Waals surface area contributed by atoms with Crippen molar-refractivity contribution in [1.29, 1.82) is 10.5 Å². The van der Waals surface area contributed by atoms with Crippen molar-refractivity contribution < 1.29 is 17.9 Å². The Morgan fingerprint density at radius 3 is 1.03 bits per heavy atom. The number of nitrogens with zero attached hydrogens (tertiary/aromatic N) is 2. The van der Waals surface area contributed by atoms with Gasteiger partial charge < -0.3 is 9.47 Å². The molecule has 0 aliphatic heterocycles. The molecular weight excluding hydrogens is 436 g/mol. The first-order valence-corrected chi connectivity index (χ1v) is 11.3. The van der Waals surface area contributed by atoms with Gasteiger partial charge in [-0.05, 0) is 97.1 Å². The van der Waals surface area contributed by atoms with Crippen molar-refractivity contribution in [2.45, 2.75) is 9.79 Å². The molecule has 0 aliphatic rings. The number of ether oxygens (including phenoxy) is 2. The van der Waals surface area contributed by atoms with Crippen LogP contribution in [0.3, 0.4) is 0 Å². The molecule has 0 N–H and O–H groups in total. The summed E-state index contributed by atoms with van der Waals surface area (Å²) in [4.78, 5) is 0.269. The standard InChI is InChI=1S/C26H16N2O4S/c27-17-19-1-5-21(6-2-19)31-23-9-13-25(14-10-23)33(29,30)26-15-11-24(12-16-26)32-22-7-3-20(18-28)4-8-22/h1-16H. The predicted octanol–water partition coefficient (Wildman–Crippen LogP) is 5.85. The van der Waals surface area contributed by atoms with Crippen LogP contribution in [-0.2, 0) is 9.84 Å². The Labute approximate surface area is 191 Å². The van der Waals surface area contributed by atoms with Crippen LogP contribution in [0.15, 0.2) is 107 Å². The lowest BCUT2D eigenvalue weighted by Gasteiger charge is -2.09. The molecule has 7 heteroatoms. The van der Waals surface area contributed by atoms with E-state index in [0.29, 0.717) is 34.1 Å². The van der Waals surface area contributed by atoms with E-state index in [1.807, 2.05) is 12.1 Å². The first-order chi connectivity index (χ1) is 16.0. The zero-order chi connectivity index (χ0) is 23.3. The van der Waals surface area contributed by atoms with Crippen molar-refractivity contribution in [2.24, 2.45) is 0 Å². The predicted molar refractivity (Wildman–Crippen MR) is 121 cm³/mol. The molecule has 4 aromatic rings. The third kappa shape index (κ3) is 5.01. The van der Waals surface area contributed by atoms with Crippen LogP contribution in [0, 0.1) is 22.7 Å². The van der Waals surface area contributed by atoms with E-state index in [1.165, 1.54) is 24.3 Å². The van der Waals surface area contributed by atoms with Gasteiger partial charge in [-0.1, -0.05) is 0 Å². The molecule has 33 heavy (non-hydrogen) atoms. The molecule has 160 valence electrons. The molecule has 0 saturated heterocycles. The van der Waals surface area contributed by atoms with E-state index in [-0.39, 0.29) is 9.79 Å². The number of hydrogen-bond donors (Lipinski definition) is 0. The zero-order valence-electron chi connectivity index (χ0n) is 17.2. The molecule has 0 aliphatic carbocycles. The van der Waals surface area contributed by atoms with Gasteiger partial charge in [0.2, 0.25) is 9.84 Å². The van der Waals surface area contributed by atoms with Crippen LogP contribution in [0.25, 0.3) is 0 Å². The van der Waals surface area contributed by atoms with Crippen LogP contribution in [0.2, 0.25) is 0 Å². The SMILES string of the molecule is N#Cc1ccc(Oc2ccc(S(=O)(=O)c3ccc(Oc4ccc(C#N)cc4)cc3)cc2)cc1. The van der Waals surface area contributed by atoms with Gasteiger partial charge in [0.05, 0.1) is 33.1 Å². The fourth-order valence-electron chi connectivity index (χ4n) is 2.98. The van der Waals surface area contributed by atoms with Crippen LogP contribution in [0.1, 0.15) is 11.1 Å². The first kappa shape index (κ1) is 21.6. The molecule has 4 aromatic carbocycles. The van der Waals surface area contributed by atoms with Crippen LogP contribution in [-0.4, -0.2) is 8.42 Å². The Morgan fingerprint density at radius 2 is 0.758 bits per heavy atom. The summed E-state index contributed by atoms with van der Waals surface area (Å²) in [6.07, 6.45) is 0. The average molecular weight is 452 g/mol. The summed E-state index contributed by atoms with van der Waals surface area (Å²) in [6.45, 7) is 0. The lowest BCUT2D eigenvalue weighted by molar-refractivity contribution is 0.482. The molecule has 0 radical (unpaired) electrons. The van der Waals surface area contributed by atoms with Crippen LogP contribution in [0.4, 0.5) is 0 Å². The largest absolute Gasteiger partial charge is 0.457 e. The molecule has 4 rings (SSSR count). The molecule has 0 saturated carbocycles. The monoisotopic (exact) mass is 452 g/mol. The molecule has 6 nitrogen and oxygen atoms in total. The Balaban J connectivity index is 1.46. The number of sulfone groups is 1. The third-order valence-electron chi connectivity index (χ3n) is 4.71. The fraction of sp³-hybridized carbons (Fsp3) is 0. The second-order valence-electron chi connectivity index (χ2n) is 6.92. The molecule has 0 amide bonds. The van der Waals surface area contributed by atoms with E-state index in [0.717, 1.165) is 0 Å². The summed E-state index contributed by atoms with van der Waals surface area (Å²) in [6, 6.07) is 29.6. The van der Waals surface area contributed by atoms with Gasteiger partial charge in [0.25, 0.3) is 0 Å². The van der Waals surface area contributed by atoms with E-state index in [2.05, 4.69) is 0 Å². The van der Waals surface area contributed by atoms with Gasteiger partial charge in [-0.2, -0.15) is 10.5 Å². The van der Waals surface area contributed by atoms with Crippen molar-refractivity contribution in [2.75, 3.05) is 0 Å². The molecular formula is C26H16N2O4S. The summed E-state index contributed by atoms with van der Waals surface area (Å²) < 4.78 is 37.3. The Bertz CT molecular complexity index is 1340. The summed E-state index contributed by atoms with van der Waals surface area (Å²) in [7, 11) is -3.72. The highest BCUT2D eigenvalue weighted by molar-refractivity contribution is 7.91. The van der Waals surface area contributed by atoms with Crippen molar-refractivity contribution >= 4 is 9.84 Å². The van der Waals surface area contributed by atoms with Gasteiger partial charge in [0, 0.05) is 0 Å². The van der Waals surface area contributed by atoms with E-state index in [4.69, 9.17) is 20.0 Å². The zero-order valence-corrected chi connectivity index (χ0v) is 18.0. The highest BCUT2D eigenvalue weighted by atomic mass is 32.2. The maximum Gasteiger partial charge on any atom is 0.206 e. The highest BCUT2D eigenvalue weighted by Gasteiger charge is 2.18. The summed E-state index contributed by atoms with van der Waals surface area (Å²) in [5.74, 6) is 2.04. The van der Waals surface area contributed by atoms with E-state index < -0.39 is 9.84 Å². The lowest BCUT2D eigenvalue weighted by Crippen LogP contribution is -2.01.